The zero-order valence-corrected chi connectivity index (χ0v) is 17.7. The number of nitriles is 1. The number of nitrogens with two attached hydrogens (primary N) is 1. The average molecular weight is 423 g/mol. The van der Waals surface area contributed by atoms with Crippen molar-refractivity contribution in [2.24, 2.45) is 13.0 Å². The van der Waals surface area contributed by atoms with Crippen LogP contribution in [-0.4, -0.2) is 25.9 Å². The molecule has 8 heteroatoms. The SMILES string of the molecule is Cc1ccc(C#N)cc1-c1cc(N)c2nnc(NC(=O)[C@H]3C[C@@H]3c3cnn(C)c3)cc2c1. The number of carbonyl (C=O) groups is 1. The van der Waals surface area contributed by atoms with Crippen LogP contribution in [0.3, 0.4) is 0 Å². The summed E-state index contributed by atoms with van der Waals surface area (Å²) in [5, 5.41) is 25.5. The van der Waals surface area contributed by atoms with Crippen molar-refractivity contribution >= 4 is 28.3 Å². The number of amides is 1. The Hall–Kier alpha value is -4.25. The van der Waals surface area contributed by atoms with E-state index in [0.29, 0.717) is 22.6 Å². The monoisotopic (exact) mass is 423 g/mol. The average Bonchev–Trinajstić information content (AvgIpc) is 3.47. The van der Waals surface area contributed by atoms with E-state index in [1.54, 1.807) is 23.0 Å². The predicted octanol–water partition coefficient (Wildman–Crippen LogP) is 3.53. The first-order chi connectivity index (χ1) is 15.4. The second-order valence-corrected chi connectivity index (χ2v) is 8.26. The van der Waals surface area contributed by atoms with Crippen molar-refractivity contribution in [2.75, 3.05) is 11.1 Å². The molecule has 0 radical (unpaired) electrons. The molecule has 1 saturated carbocycles. The van der Waals surface area contributed by atoms with E-state index in [1.165, 1.54) is 0 Å². The van der Waals surface area contributed by atoms with E-state index < -0.39 is 0 Å². The number of hydrogen-bond donors (Lipinski definition) is 2. The molecule has 1 aliphatic rings. The van der Waals surface area contributed by atoms with Crippen LogP contribution in [0.15, 0.2) is 48.8 Å². The van der Waals surface area contributed by atoms with Crippen molar-refractivity contribution in [3.63, 3.8) is 0 Å². The van der Waals surface area contributed by atoms with E-state index in [9.17, 15) is 10.1 Å². The molecule has 5 rings (SSSR count). The number of fused-ring (bicyclic) bond motifs is 1. The van der Waals surface area contributed by atoms with Gasteiger partial charge in [-0.3, -0.25) is 9.48 Å². The van der Waals surface area contributed by atoms with Crippen molar-refractivity contribution in [2.45, 2.75) is 19.3 Å². The van der Waals surface area contributed by atoms with Gasteiger partial charge in [0.25, 0.3) is 0 Å². The standard InChI is InChI=1S/C24H21N7O/c1-13-3-4-14(10-25)5-18(13)15-6-16-8-22(29-30-23(16)21(26)7-15)28-24(32)20-9-19(20)17-11-27-31(2)12-17/h3-8,11-12,19-20H,9,26H2,1-2H3,(H,28,29,32)/t19-,20+/m1/s1. The molecule has 1 fully saturated rings. The summed E-state index contributed by atoms with van der Waals surface area (Å²) in [6.45, 7) is 1.99. The molecule has 1 amide bonds. The van der Waals surface area contributed by atoms with E-state index in [-0.39, 0.29) is 17.7 Å². The lowest BCUT2D eigenvalue weighted by Crippen LogP contribution is -2.16. The van der Waals surface area contributed by atoms with E-state index in [4.69, 9.17) is 5.73 Å². The molecule has 2 aromatic heterocycles. The summed E-state index contributed by atoms with van der Waals surface area (Å²) in [5.74, 6) is 0.409. The van der Waals surface area contributed by atoms with Gasteiger partial charge in [0, 0.05) is 24.5 Å². The number of nitrogens with one attached hydrogen (secondary N) is 1. The first-order valence-corrected chi connectivity index (χ1v) is 10.3. The Morgan fingerprint density at radius 1 is 1.25 bits per heavy atom. The Morgan fingerprint density at radius 2 is 2.09 bits per heavy atom. The number of hydrogen-bond acceptors (Lipinski definition) is 6. The zero-order chi connectivity index (χ0) is 22.4. The van der Waals surface area contributed by atoms with Crippen LogP contribution in [-0.2, 0) is 11.8 Å². The topological polar surface area (TPSA) is 123 Å². The van der Waals surface area contributed by atoms with Crippen molar-refractivity contribution in [3.05, 3.63) is 65.5 Å². The summed E-state index contributed by atoms with van der Waals surface area (Å²) < 4.78 is 1.74. The highest BCUT2D eigenvalue weighted by atomic mass is 16.2. The number of rotatable bonds is 4. The van der Waals surface area contributed by atoms with Gasteiger partial charge in [0.2, 0.25) is 5.91 Å². The maximum atomic E-state index is 12.7. The third-order valence-corrected chi connectivity index (χ3v) is 5.93. The minimum absolute atomic E-state index is 0.0748. The lowest BCUT2D eigenvalue weighted by atomic mass is 9.96. The van der Waals surface area contributed by atoms with E-state index >= 15 is 0 Å². The summed E-state index contributed by atoms with van der Waals surface area (Å²) in [4.78, 5) is 12.7. The second kappa shape index (κ2) is 7.46. The summed E-state index contributed by atoms with van der Waals surface area (Å²) in [6, 6.07) is 13.3. The lowest BCUT2D eigenvalue weighted by molar-refractivity contribution is -0.117. The number of carbonyl (C=O) groups excluding carboxylic acids is 1. The minimum Gasteiger partial charge on any atom is -0.397 e. The number of benzene rings is 2. The first kappa shape index (κ1) is 19.7. The largest absolute Gasteiger partial charge is 0.397 e. The van der Waals surface area contributed by atoms with Crippen LogP contribution in [0.2, 0.25) is 0 Å². The summed E-state index contributed by atoms with van der Waals surface area (Å²) in [5.41, 5.74) is 11.8. The molecule has 0 unspecified atom stereocenters. The molecular weight excluding hydrogens is 402 g/mol. The van der Waals surface area contributed by atoms with Gasteiger partial charge in [-0.25, -0.2) is 0 Å². The van der Waals surface area contributed by atoms with E-state index in [0.717, 1.165) is 34.1 Å². The molecule has 2 aromatic carbocycles. The van der Waals surface area contributed by atoms with Crippen molar-refractivity contribution in [1.82, 2.24) is 20.0 Å². The Morgan fingerprint density at radius 3 is 2.84 bits per heavy atom. The number of aryl methyl sites for hydroxylation is 2. The van der Waals surface area contributed by atoms with Gasteiger partial charge in [-0.1, -0.05) is 6.07 Å². The van der Waals surface area contributed by atoms with Crippen LogP contribution in [0.1, 0.15) is 29.0 Å². The van der Waals surface area contributed by atoms with Crippen LogP contribution in [0.4, 0.5) is 11.5 Å². The number of nitrogen functional groups attached to an aromatic ring is 1. The smallest absolute Gasteiger partial charge is 0.229 e. The molecule has 0 bridgehead atoms. The molecule has 32 heavy (non-hydrogen) atoms. The fourth-order valence-corrected chi connectivity index (χ4v) is 4.11. The number of nitrogens with zero attached hydrogens (tertiary/aromatic N) is 5. The third-order valence-electron chi connectivity index (χ3n) is 5.93. The highest BCUT2D eigenvalue weighted by molar-refractivity contribution is 5.98. The van der Waals surface area contributed by atoms with Crippen LogP contribution in [0.25, 0.3) is 22.0 Å². The van der Waals surface area contributed by atoms with E-state index in [1.807, 2.05) is 44.4 Å². The van der Waals surface area contributed by atoms with Crippen LogP contribution >= 0.6 is 0 Å². The quantitative estimate of drug-likeness (QED) is 0.484. The predicted molar refractivity (Wildman–Crippen MR) is 122 cm³/mol. The van der Waals surface area contributed by atoms with Gasteiger partial charge in [-0.2, -0.15) is 10.4 Å². The molecule has 2 atom stereocenters. The maximum absolute atomic E-state index is 12.7. The molecular formula is C24H21N7O. The molecule has 158 valence electrons. The zero-order valence-electron chi connectivity index (χ0n) is 17.7. The maximum Gasteiger partial charge on any atom is 0.229 e. The Kier molecular flexibility index (Phi) is 4.59. The summed E-state index contributed by atoms with van der Waals surface area (Å²) in [7, 11) is 1.86. The number of anilines is 2. The van der Waals surface area contributed by atoms with Crippen LogP contribution < -0.4 is 11.1 Å². The second-order valence-electron chi connectivity index (χ2n) is 8.26. The minimum atomic E-state index is -0.0931. The van der Waals surface area contributed by atoms with Crippen molar-refractivity contribution in [3.8, 4) is 17.2 Å². The molecule has 3 N–H and O–H groups in total. The van der Waals surface area contributed by atoms with Gasteiger partial charge < -0.3 is 11.1 Å². The Labute approximate surface area is 184 Å². The Balaban J connectivity index is 1.42. The van der Waals surface area contributed by atoms with Gasteiger partial charge >= 0.3 is 0 Å². The molecule has 8 nitrogen and oxygen atoms in total. The van der Waals surface area contributed by atoms with E-state index in [2.05, 4.69) is 26.7 Å². The molecule has 4 aromatic rings. The number of aromatic nitrogens is 4. The van der Waals surface area contributed by atoms with Crippen molar-refractivity contribution in [1.29, 1.82) is 5.26 Å². The Bertz CT molecular complexity index is 1420. The van der Waals surface area contributed by atoms with Crippen LogP contribution in [0, 0.1) is 24.2 Å². The molecule has 0 saturated heterocycles. The summed E-state index contributed by atoms with van der Waals surface area (Å²) in [6.07, 6.45) is 4.55. The van der Waals surface area contributed by atoms with Gasteiger partial charge in [0.15, 0.2) is 5.82 Å². The van der Waals surface area contributed by atoms with Gasteiger partial charge in [-0.15, -0.1) is 10.2 Å². The third kappa shape index (κ3) is 3.54. The fourth-order valence-electron chi connectivity index (χ4n) is 4.11. The molecule has 2 heterocycles. The van der Waals surface area contributed by atoms with Crippen molar-refractivity contribution < 1.29 is 4.79 Å². The highest BCUT2D eigenvalue weighted by Gasteiger charge is 2.44. The van der Waals surface area contributed by atoms with Gasteiger partial charge in [-0.05, 0) is 71.8 Å². The molecule has 0 spiro atoms. The first-order valence-electron chi connectivity index (χ1n) is 10.3. The highest BCUT2D eigenvalue weighted by Crippen LogP contribution is 2.47. The molecule has 0 aliphatic heterocycles. The van der Waals surface area contributed by atoms with Gasteiger partial charge in [0.1, 0.15) is 5.52 Å². The fraction of sp³-hybridized carbons (Fsp3) is 0.208. The normalized spacial score (nSPS) is 17.2. The lowest BCUT2D eigenvalue weighted by Gasteiger charge is -2.11. The van der Waals surface area contributed by atoms with Gasteiger partial charge in [0.05, 0.1) is 23.5 Å². The molecule has 1 aliphatic carbocycles. The summed E-state index contributed by atoms with van der Waals surface area (Å²) >= 11 is 0. The van der Waals surface area contributed by atoms with Crippen LogP contribution in [0.5, 0.6) is 0 Å².